The van der Waals surface area contributed by atoms with E-state index in [0.717, 1.165) is 43.6 Å². The zero-order valence-corrected chi connectivity index (χ0v) is 18.2. The number of nitrogens with zero attached hydrogens (tertiary/aromatic N) is 2. The van der Waals surface area contributed by atoms with E-state index in [-0.39, 0.29) is 11.8 Å². The summed E-state index contributed by atoms with van der Waals surface area (Å²) in [6.07, 6.45) is 6.34. The second-order valence-electron chi connectivity index (χ2n) is 8.21. The molecule has 4 nitrogen and oxygen atoms in total. The molecule has 0 radical (unpaired) electrons. The monoisotopic (exact) mass is 426 g/mol. The van der Waals surface area contributed by atoms with E-state index in [1.54, 1.807) is 22.7 Å². The summed E-state index contributed by atoms with van der Waals surface area (Å²) >= 11 is 3.37. The molecule has 2 fully saturated rings. The Bertz CT molecular complexity index is 1040. The largest absolute Gasteiger partial charge is 0.342 e. The molecule has 2 aliphatic rings. The summed E-state index contributed by atoms with van der Waals surface area (Å²) in [5, 5.41) is 1.25. The summed E-state index contributed by atoms with van der Waals surface area (Å²) in [6, 6.07) is 10.5. The fourth-order valence-electron chi connectivity index (χ4n) is 4.64. The first-order chi connectivity index (χ1) is 14.2. The molecule has 2 aliphatic heterocycles. The van der Waals surface area contributed by atoms with Crippen molar-refractivity contribution >= 4 is 54.0 Å². The van der Waals surface area contributed by atoms with E-state index < -0.39 is 0 Å². The second kappa shape index (κ2) is 8.07. The topological polar surface area (TPSA) is 40.6 Å². The second-order valence-corrected chi connectivity index (χ2v) is 10.3. The van der Waals surface area contributed by atoms with Crippen LogP contribution in [-0.4, -0.2) is 47.8 Å². The molecule has 0 aliphatic carbocycles. The number of piperidine rings is 1. The summed E-state index contributed by atoms with van der Waals surface area (Å²) in [5.41, 5.74) is 0. The number of benzene rings is 1. The Morgan fingerprint density at radius 2 is 1.55 bits per heavy atom. The van der Waals surface area contributed by atoms with E-state index in [4.69, 9.17) is 0 Å². The van der Waals surface area contributed by atoms with Gasteiger partial charge in [0.1, 0.15) is 0 Å². The molecule has 0 unspecified atom stereocenters. The summed E-state index contributed by atoms with van der Waals surface area (Å²) < 4.78 is 3.70. The quantitative estimate of drug-likeness (QED) is 0.553. The molecule has 6 heteroatoms. The van der Waals surface area contributed by atoms with Gasteiger partial charge in [-0.15, -0.1) is 22.7 Å². The van der Waals surface area contributed by atoms with Gasteiger partial charge in [-0.25, -0.2) is 0 Å². The normalized spacial score (nSPS) is 19.0. The number of rotatable bonds is 2. The molecule has 4 heterocycles. The van der Waals surface area contributed by atoms with Crippen molar-refractivity contribution in [3.63, 3.8) is 0 Å². The van der Waals surface area contributed by atoms with Crippen molar-refractivity contribution in [2.75, 3.05) is 26.2 Å². The number of likely N-dealkylation sites (tertiary alicyclic amines) is 2. The van der Waals surface area contributed by atoms with Crippen molar-refractivity contribution in [2.24, 2.45) is 5.92 Å². The van der Waals surface area contributed by atoms with E-state index in [0.29, 0.717) is 19.0 Å². The van der Waals surface area contributed by atoms with Gasteiger partial charge in [-0.1, -0.05) is 31.0 Å². The van der Waals surface area contributed by atoms with Gasteiger partial charge in [-0.2, -0.15) is 0 Å². The third-order valence-electron chi connectivity index (χ3n) is 6.31. The minimum absolute atomic E-state index is 0.0907. The predicted octanol–water partition coefficient (Wildman–Crippen LogP) is 5.37. The van der Waals surface area contributed by atoms with Crippen molar-refractivity contribution in [1.82, 2.24) is 9.80 Å². The average molecular weight is 427 g/mol. The molecule has 2 aromatic heterocycles. The van der Waals surface area contributed by atoms with Crippen LogP contribution >= 0.6 is 22.7 Å². The first-order valence-electron chi connectivity index (χ1n) is 10.7. The molecular weight excluding hydrogens is 400 g/mol. The highest BCUT2D eigenvalue weighted by atomic mass is 32.1. The lowest BCUT2D eigenvalue weighted by Crippen LogP contribution is -2.44. The van der Waals surface area contributed by atoms with Crippen LogP contribution in [0.2, 0.25) is 0 Å². The summed E-state index contributed by atoms with van der Waals surface area (Å²) in [5.74, 6) is 0.540. The molecule has 0 atom stereocenters. The van der Waals surface area contributed by atoms with Crippen LogP contribution < -0.4 is 0 Å². The first kappa shape index (κ1) is 19.1. The molecule has 2 amide bonds. The molecule has 1 aromatic carbocycles. The third kappa shape index (κ3) is 3.68. The van der Waals surface area contributed by atoms with E-state index >= 15 is 0 Å². The summed E-state index contributed by atoms with van der Waals surface area (Å²) in [6.45, 7) is 3.21. The number of amides is 2. The van der Waals surface area contributed by atoms with Crippen LogP contribution in [0.25, 0.3) is 19.5 Å². The van der Waals surface area contributed by atoms with Crippen molar-refractivity contribution < 1.29 is 9.59 Å². The van der Waals surface area contributed by atoms with E-state index in [2.05, 4.69) is 35.2 Å². The van der Waals surface area contributed by atoms with Crippen molar-refractivity contribution in [2.45, 2.75) is 38.5 Å². The lowest BCUT2D eigenvalue weighted by Gasteiger charge is -2.33. The Morgan fingerprint density at radius 1 is 0.828 bits per heavy atom. The Hall–Kier alpha value is -1.92. The molecule has 0 spiro atoms. The molecule has 29 heavy (non-hydrogen) atoms. The van der Waals surface area contributed by atoms with Crippen LogP contribution in [-0.2, 0) is 4.79 Å². The molecule has 2 saturated heterocycles. The minimum atomic E-state index is 0.0907. The highest BCUT2D eigenvalue weighted by molar-refractivity contribution is 7.33. The number of hydrogen-bond acceptors (Lipinski definition) is 4. The maximum absolute atomic E-state index is 13.1. The molecular formula is C23H26N2O2S2. The molecule has 0 bridgehead atoms. The van der Waals surface area contributed by atoms with Crippen LogP contribution in [0, 0.1) is 5.92 Å². The van der Waals surface area contributed by atoms with Crippen LogP contribution in [0.5, 0.6) is 0 Å². The third-order valence-corrected chi connectivity index (χ3v) is 8.71. The van der Waals surface area contributed by atoms with Gasteiger partial charge in [0.05, 0.1) is 9.58 Å². The zero-order chi connectivity index (χ0) is 19.8. The van der Waals surface area contributed by atoms with Gasteiger partial charge < -0.3 is 9.80 Å². The highest BCUT2D eigenvalue weighted by Crippen LogP contribution is 2.39. The van der Waals surface area contributed by atoms with Crippen LogP contribution in [0.3, 0.4) is 0 Å². The van der Waals surface area contributed by atoms with Gasteiger partial charge >= 0.3 is 0 Å². The van der Waals surface area contributed by atoms with Gasteiger partial charge in [0, 0.05) is 46.9 Å². The molecule has 0 N–H and O–H groups in total. The van der Waals surface area contributed by atoms with E-state index in [9.17, 15) is 9.59 Å². The zero-order valence-electron chi connectivity index (χ0n) is 16.6. The lowest BCUT2D eigenvalue weighted by molar-refractivity contribution is -0.136. The smallest absolute Gasteiger partial charge is 0.263 e. The van der Waals surface area contributed by atoms with E-state index in [1.807, 2.05) is 4.90 Å². The lowest BCUT2D eigenvalue weighted by atomic mass is 9.95. The summed E-state index contributed by atoms with van der Waals surface area (Å²) in [4.78, 5) is 30.8. The number of fused-ring (bicyclic) bond motifs is 3. The molecule has 5 rings (SSSR count). The van der Waals surface area contributed by atoms with Crippen molar-refractivity contribution in [3.8, 4) is 0 Å². The molecule has 3 aromatic rings. The maximum atomic E-state index is 13.1. The number of carbonyl (C=O) groups is 2. The van der Waals surface area contributed by atoms with Gasteiger partial charge in [-0.3, -0.25) is 9.59 Å². The van der Waals surface area contributed by atoms with Gasteiger partial charge in [0.25, 0.3) is 5.91 Å². The fourth-order valence-corrected chi connectivity index (χ4v) is 7.13. The Kier molecular flexibility index (Phi) is 5.31. The number of carbonyl (C=O) groups excluding carboxylic acids is 2. The average Bonchev–Trinajstić information content (AvgIpc) is 3.19. The summed E-state index contributed by atoms with van der Waals surface area (Å²) in [7, 11) is 0. The maximum Gasteiger partial charge on any atom is 0.263 e. The van der Waals surface area contributed by atoms with Gasteiger partial charge in [0.15, 0.2) is 0 Å². The fraction of sp³-hybridized carbons (Fsp3) is 0.478. The van der Waals surface area contributed by atoms with E-state index in [1.165, 1.54) is 32.3 Å². The molecule has 152 valence electrons. The standard InChI is InChI=1S/C23H26N2O2S2/c26-22(24-11-5-1-2-6-12-24)16-9-13-25(14-10-16)23(27)20-15-19-21(29-20)17-7-3-4-8-18(17)28-19/h3-4,7-8,15-16H,1-2,5-6,9-14H2. The van der Waals surface area contributed by atoms with Crippen molar-refractivity contribution in [1.29, 1.82) is 0 Å². The van der Waals surface area contributed by atoms with Gasteiger partial charge in [-0.05, 0) is 37.8 Å². The highest BCUT2D eigenvalue weighted by Gasteiger charge is 2.31. The Labute approximate surface area is 179 Å². The Morgan fingerprint density at radius 3 is 2.31 bits per heavy atom. The van der Waals surface area contributed by atoms with Gasteiger partial charge in [0.2, 0.25) is 5.91 Å². The van der Waals surface area contributed by atoms with Crippen LogP contribution in [0.4, 0.5) is 0 Å². The Balaban J connectivity index is 1.25. The first-order valence-corrected chi connectivity index (χ1v) is 12.3. The SMILES string of the molecule is O=C(c1cc2sc3ccccc3c2s1)N1CCC(C(=O)N2CCCCCC2)CC1. The van der Waals surface area contributed by atoms with Crippen LogP contribution in [0.15, 0.2) is 30.3 Å². The number of hydrogen-bond donors (Lipinski definition) is 0. The molecule has 0 saturated carbocycles. The van der Waals surface area contributed by atoms with Crippen molar-refractivity contribution in [3.05, 3.63) is 35.2 Å². The minimum Gasteiger partial charge on any atom is -0.342 e. The number of thiophene rings is 2. The van der Waals surface area contributed by atoms with Crippen LogP contribution in [0.1, 0.15) is 48.2 Å². The predicted molar refractivity (Wildman–Crippen MR) is 121 cm³/mol.